The van der Waals surface area contributed by atoms with Crippen molar-refractivity contribution >= 4 is 35.3 Å². The predicted molar refractivity (Wildman–Crippen MR) is 126 cm³/mol. The van der Waals surface area contributed by atoms with Crippen LogP contribution < -0.4 is 0 Å². The molecule has 8 heteroatoms. The molecule has 0 spiro atoms. The van der Waals surface area contributed by atoms with Crippen molar-refractivity contribution in [3.8, 4) is 0 Å². The Morgan fingerprint density at radius 3 is 1.31 bits per heavy atom. The van der Waals surface area contributed by atoms with Crippen molar-refractivity contribution in [3.63, 3.8) is 0 Å². The number of carbonyl (C=O) groups is 2. The number of fused-ring (bicyclic) bond motifs is 1. The summed E-state index contributed by atoms with van der Waals surface area (Å²) in [6.45, 7) is 5.33. The standard InChI is InChI=1S/C24H28Cl2N4O2/c1-3-5-15-27-21(17-7-11-19(25)12-8-17)29-24(32)28(16-6-4-2)22(30(29)23(27)31)18-9-13-20(26)14-10-18/h7-14,21-22H,3-6,15-16H2,1-2H3. The van der Waals surface area contributed by atoms with E-state index in [4.69, 9.17) is 23.2 Å². The van der Waals surface area contributed by atoms with Crippen LogP contribution in [-0.4, -0.2) is 45.0 Å². The molecule has 0 aromatic heterocycles. The Morgan fingerprint density at radius 2 is 1.00 bits per heavy atom. The molecule has 170 valence electrons. The second-order valence-corrected chi connectivity index (χ2v) is 9.07. The molecule has 2 aromatic carbocycles. The smallest absolute Gasteiger partial charge is 0.297 e. The van der Waals surface area contributed by atoms with Crippen molar-refractivity contribution < 1.29 is 9.59 Å². The van der Waals surface area contributed by atoms with E-state index in [9.17, 15) is 9.59 Å². The van der Waals surface area contributed by atoms with Crippen molar-refractivity contribution in [3.05, 3.63) is 69.7 Å². The monoisotopic (exact) mass is 474 g/mol. The molecular weight excluding hydrogens is 447 g/mol. The lowest BCUT2D eigenvalue weighted by Gasteiger charge is -2.29. The minimum Gasteiger partial charge on any atom is -0.297 e. The highest BCUT2D eigenvalue weighted by Gasteiger charge is 2.58. The number of hydrogen-bond donors (Lipinski definition) is 0. The summed E-state index contributed by atoms with van der Waals surface area (Å²) >= 11 is 12.2. The first kappa shape index (κ1) is 22.7. The third-order valence-corrected chi connectivity index (χ3v) is 6.51. The zero-order chi connectivity index (χ0) is 22.8. The molecule has 4 amide bonds. The topological polar surface area (TPSA) is 47.1 Å². The summed E-state index contributed by atoms with van der Waals surface area (Å²) < 4.78 is 0. The zero-order valence-electron chi connectivity index (χ0n) is 18.4. The van der Waals surface area contributed by atoms with E-state index in [1.54, 1.807) is 44.1 Å². The molecule has 0 N–H and O–H groups in total. The number of unbranched alkanes of at least 4 members (excludes halogenated alkanes) is 2. The fraction of sp³-hybridized carbons (Fsp3) is 0.417. The molecule has 2 aliphatic heterocycles. The van der Waals surface area contributed by atoms with Gasteiger partial charge in [0.15, 0.2) is 12.3 Å². The van der Waals surface area contributed by atoms with Gasteiger partial charge in [0.05, 0.1) is 0 Å². The largest absolute Gasteiger partial charge is 0.343 e. The number of amides is 4. The van der Waals surface area contributed by atoms with Gasteiger partial charge in [0, 0.05) is 23.1 Å². The van der Waals surface area contributed by atoms with Gasteiger partial charge in [-0.15, -0.1) is 0 Å². The molecule has 2 atom stereocenters. The van der Waals surface area contributed by atoms with Crippen LogP contribution in [0.1, 0.15) is 63.0 Å². The van der Waals surface area contributed by atoms with E-state index in [1.165, 1.54) is 0 Å². The lowest BCUT2D eigenvalue weighted by molar-refractivity contribution is 0.0512. The maximum Gasteiger partial charge on any atom is 0.343 e. The summed E-state index contributed by atoms with van der Waals surface area (Å²) in [6, 6.07) is 14.4. The Morgan fingerprint density at radius 1 is 0.656 bits per heavy atom. The van der Waals surface area contributed by atoms with E-state index in [-0.39, 0.29) is 12.1 Å². The number of urea groups is 2. The van der Waals surface area contributed by atoms with Gasteiger partial charge in [-0.3, -0.25) is 9.80 Å². The summed E-state index contributed by atoms with van der Waals surface area (Å²) in [4.78, 5) is 31.1. The van der Waals surface area contributed by atoms with Crippen LogP contribution in [0.3, 0.4) is 0 Å². The molecule has 2 saturated heterocycles. The highest BCUT2D eigenvalue weighted by molar-refractivity contribution is 6.30. The zero-order valence-corrected chi connectivity index (χ0v) is 19.9. The molecule has 2 heterocycles. The first-order valence-corrected chi connectivity index (χ1v) is 11.9. The summed E-state index contributed by atoms with van der Waals surface area (Å²) in [7, 11) is 0. The van der Waals surface area contributed by atoms with Crippen LogP contribution in [0.2, 0.25) is 10.0 Å². The molecule has 2 fully saturated rings. The number of halogens is 2. The molecule has 2 unspecified atom stereocenters. The fourth-order valence-electron chi connectivity index (χ4n) is 4.37. The van der Waals surface area contributed by atoms with Gasteiger partial charge in [-0.1, -0.05) is 74.2 Å². The van der Waals surface area contributed by atoms with Crippen LogP contribution in [-0.2, 0) is 0 Å². The minimum absolute atomic E-state index is 0.161. The van der Waals surface area contributed by atoms with Gasteiger partial charge in [0.25, 0.3) is 0 Å². The molecule has 0 radical (unpaired) electrons. The predicted octanol–water partition coefficient (Wildman–Crippen LogP) is 6.68. The van der Waals surface area contributed by atoms with Crippen molar-refractivity contribution in [1.82, 2.24) is 19.8 Å². The van der Waals surface area contributed by atoms with Crippen LogP contribution >= 0.6 is 23.2 Å². The van der Waals surface area contributed by atoms with Crippen molar-refractivity contribution in [1.29, 1.82) is 0 Å². The highest BCUT2D eigenvalue weighted by Crippen LogP contribution is 2.46. The van der Waals surface area contributed by atoms with E-state index in [0.29, 0.717) is 23.1 Å². The van der Waals surface area contributed by atoms with Crippen LogP contribution in [0.4, 0.5) is 9.59 Å². The summed E-state index contributed by atoms with van der Waals surface area (Å²) in [5, 5.41) is 4.48. The summed E-state index contributed by atoms with van der Waals surface area (Å²) in [5.41, 5.74) is 1.73. The molecule has 0 bridgehead atoms. The molecular formula is C24H28Cl2N4O2. The van der Waals surface area contributed by atoms with Gasteiger partial charge in [-0.25, -0.2) is 19.6 Å². The van der Waals surface area contributed by atoms with E-state index in [0.717, 1.165) is 36.8 Å². The SMILES string of the molecule is CCCCN1C(=O)N2C(c3ccc(Cl)cc3)N(CCCC)C(=O)N2C1c1ccc(Cl)cc1. The maximum absolute atomic E-state index is 13.7. The molecule has 0 saturated carbocycles. The van der Waals surface area contributed by atoms with Crippen molar-refractivity contribution in [2.45, 2.75) is 51.9 Å². The van der Waals surface area contributed by atoms with Gasteiger partial charge < -0.3 is 0 Å². The average molecular weight is 475 g/mol. The number of hydrazine groups is 1. The second kappa shape index (κ2) is 9.59. The second-order valence-electron chi connectivity index (χ2n) is 8.20. The van der Waals surface area contributed by atoms with Gasteiger partial charge in [-0.05, 0) is 48.2 Å². The van der Waals surface area contributed by atoms with Crippen molar-refractivity contribution in [2.75, 3.05) is 13.1 Å². The maximum atomic E-state index is 13.7. The quantitative estimate of drug-likeness (QED) is 0.428. The van der Waals surface area contributed by atoms with Gasteiger partial charge >= 0.3 is 12.1 Å². The lowest BCUT2D eigenvalue weighted by atomic mass is 10.1. The molecule has 2 aliphatic rings. The van der Waals surface area contributed by atoms with Gasteiger partial charge in [-0.2, -0.15) is 0 Å². The Balaban J connectivity index is 1.79. The number of benzene rings is 2. The van der Waals surface area contributed by atoms with Crippen LogP contribution in [0, 0.1) is 0 Å². The average Bonchev–Trinajstić information content (AvgIpc) is 3.23. The van der Waals surface area contributed by atoms with Crippen LogP contribution in [0.5, 0.6) is 0 Å². The van der Waals surface area contributed by atoms with E-state index in [2.05, 4.69) is 13.8 Å². The van der Waals surface area contributed by atoms with Gasteiger partial charge in [0.2, 0.25) is 0 Å². The van der Waals surface area contributed by atoms with Crippen molar-refractivity contribution in [2.24, 2.45) is 0 Å². The molecule has 4 rings (SSSR count). The van der Waals surface area contributed by atoms with E-state index in [1.807, 2.05) is 24.3 Å². The minimum atomic E-state index is -0.500. The fourth-order valence-corrected chi connectivity index (χ4v) is 4.62. The Kier molecular flexibility index (Phi) is 6.82. The Hall–Kier alpha value is -2.44. The Labute approximate surface area is 199 Å². The van der Waals surface area contributed by atoms with E-state index < -0.39 is 12.3 Å². The van der Waals surface area contributed by atoms with E-state index >= 15 is 0 Å². The molecule has 0 aliphatic carbocycles. The number of rotatable bonds is 8. The Bertz CT molecular complexity index is 887. The molecule has 6 nitrogen and oxygen atoms in total. The number of nitrogens with zero attached hydrogens (tertiary/aromatic N) is 4. The summed E-state index contributed by atoms with van der Waals surface area (Å²) in [5.74, 6) is 0. The highest BCUT2D eigenvalue weighted by atomic mass is 35.5. The number of hydrogen-bond acceptors (Lipinski definition) is 2. The number of carbonyl (C=O) groups excluding carboxylic acids is 2. The van der Waals surface area contributed by atoms with Crippen LogP contribution in [0.15, 0.2) is 48.5 Å². The molecule has 2 aromatic rings. The van der Waals surface area contributed by atoms with Crippen LogP contribution in [0.25, 0.3) is 0 Å². The lowest BCUT2D eigenvalue weighted by Crippen LogP contribution is -2.40. The summed E-state index contributed by atoms with van der Waals surface area (Å²) in [6.07, 6.45) is 2.62. The third-order valence-electron chi connectivity index (χ3n) is 6.01. The molecule has 32 heavy (non-hydrogen) atoms. The first-order chi connectivity index (χ1) is 15.5. The normalized spacial score (nSPS) is 20.5. The van der Waals surface area contributed by atoms with Gasteiger partial charge in [0.1, 0.15) is 0 Å². The third kappa shape index (κ3) is 4.02. The first-order valence-electron chi connectivity index (χ1n) is 11.2.